The number of benzene rings is 1. The van der Waals surface area contributed by atoms with Crippen LogP contribution in [0.5, 0.6) is 5.75 Å². The van der Waals surface area contributed by atoms with Crippen LogP contribution in [0.2, 0.25) is 0 Å². The Morgan fingerprint density at radius 3 is 2.67 bits per heavy atom. The van der Waals surface area contributed by atoms with Gasteiger partial charge in [-0.3, -0.25) is 0 Å². The van der Waals surface area contributed by atoms with Crippen LogP contribution in [-0.4, -0.2) is 37.2 Å². The predicted octanol–water partition coefficient (Wildman–Crippen LogP) is 5.81. The molecule has 1 aromatic heterocycles. The molecule has 0 N–H and O–H groups in total. The van der Waals surface area contributed by atoms with Gasteiger partial charge < -0.3 is 23.4 Å². The number of hydrogen-bond acceptors (Lipinski definition) is 8. The molecule has 2 bridgehead atoms. The first-order valence-electron chi connectivity index (χ1n) is 13.6. The smallest absolute Gasteiger partial charge is 0.417 e. The highest BCUT2D eigenvalue weighted by Crippen LogP contribution is 2.60. The van der Waals surface area contributed by atoms with E-state index in [4.69, 9.17) is 33.1 Å². The van der Waals surface area contributed by atoms with E-state index < -0.39 is 41.3 Å². The number of ether oxygens (including phenoxy) is 4. The second-order valence-electron chi connectivity index (χ2n) is 11.5. The SMILES string of the molecule is C[C@H]1[C@@H](OCCCOc2ccc3c(C(F)(F)F)cc(=O)oc3c2)O[C@@H]2O[C@@]3(C)CC[C@H]4[C@H](C)CC[C@@H]1[C@@]24OO3. The summed E-state index contributed by atoms with van der Waals surface area (Å²) in [4.78, 5) is 23.6. The van der Waals surface area contributed by atoms with Crippen molar-refractivity contribution < 1.29 is 46.3 Å². The van der Waals surface area contributed by atoms with Gasteiger partial charge in [0.25, 0.3) is 0 Å². The van der Waals surface area contributed by atoms with Gasteiger partial charge in [-0.1, -0.05) is 13.8 Å². The van der Waals surface area contributed by atoms with Crippen LogP contribution in [0.15, 0.2) is 33.5 Å². The molecule has 39 heavy (non-hydrogen) atoms. The lowest BCUT2D eigenvalue weighted by Crippen LogP contribution is -2.70. The third kappa shape index (κ3) is 4.65. The Kier molecular flexibility index (Phi) is 6.74. The molecule has 4 aliphatic heterocycles. The van der Waals surface area contributed by atoms with E-state index in [2.05, 4.69) is 13.8 Å². The van der Waals surface area contributed by atoms with Crippen LogP contribution in [0.3, 0.4) is 0 Å². The van der Waals surface area contributed by atoms with Crippen molar-refractivity contribution in [2.45, 2.75) is 83.0 Å². The zero-order valence-electron chi connectivity index (χ0n) is 22.1. The molecular weight excluding hydrogens is 521 g/mol. The van der Waals surface area contributed by atoms with Crippen LogP contribution in [0.1, 0.15) is 58.4 Å². The van der Waals surface area contributed by atoms with Crippen LogP contribution >= 0.6 is 0 Å². The zero-order chi connectivity index (χ0) is 27.6. The second-order valence-corrected chi connectivity index (χ2v) is 11.5. The average Bonchev–Trinajstić information content (AvgIpc) is 3.11. The Morgan fingerprint density at radius 2 is 1.87 bits per heavy atom. The van der Waals surface area contributed by atoms with Crippen molar-refractivity contribution in [3.8, 4) is 5.75 Å². The highest BCUT2D eigenvalue weighted by Gasteiger charge is 2.69. The van der Waals surface area contributed by atoms with Crippen molar-refractivity contribution in [2.24, 2.45) is 23.7 Å². The number of rotatable bonds is 6. The zero-order valence-corrected chi connectivity index (χ0v) is 22.1. The van der Waals surface area contributed by atoms with Crippen molar-refractivity contribution >= 4 is 11.0 Å². The van der Waals surface area contributed by atoms with Gasteiger partial charge in [-0.15, -0.1) is 0 Å². The maximum atomic E-state index is 13.3. The van der Waals surface area contributed by atoms with Gasteiger partial charge in [0.05, 0.1) is 18.8 Å². The molecule has 0 amide bonds. The summed E-state index contributed by atoms with van der Waals surface area (Å²) in [5.74, 6) is 0.417. The maximum absolute atomic E-state index is 13.3. The van der Waals surface area contributed by atoms with Crippen LogP contribution in [0.25, 0.3) is 11.0 Å². The van der Waals surface area contributed by atoms with E-state index in [9.17, 15) is 18.0 Å². The lowest BCUT2D eigenvalue weighted by molar-refractivity contribution is -0.577. The summed E-state index contributed by atoms with van der Waals surface area (Å²) in [6, 6.07) is 4.41. The number of hydrogen-bond donors (Lipinski definition) is 0. The Morgan fingerprint density at radius 1 is 1.05 bits per heavy atom. The van der Waals surface area contributed by atoms with Gasteiger partial charge >= 0.3 is 11.8 Å². The maximum Gasteiger partial charge on any atom is 0.417 e. The minimum atomic E-state index is -4.67. The van der Waals surface area contributed by atoms with Crippen molar-refractivity contribution in [2.75, 3.05) is 13.2 Å². The summed E-state index contributed by atoms with van der Waals surface area (Å²) >= 11 is 0. The predicted molar refractivity (Wildman–Crippen MR) is 130 cm³/mol. The number of alkyl halides is 3. The Balaban J connectivity index is 1.08. The summed E-state index contributed by atoms with van der Waals surface area (Å²) in [6.07, 6.45) is -1.45. The fourth-order valence-corrected chi connectivity index (χ4v) is 6.98. The Labute approximate surface area is 223 Å². The first kappa shape index (κ1) is 27.0. The van der Waals surface area contributed by atoms with Crippen molar-refractivity contribution in [1.29, 1.82) is 0 Å². The molecule has 2 aromatic rings. The minimum absolute atomic E-state index is 0.0537. The van der Waals surface area contributed by atoms with E-state index in [1.165, 1.54) is 18.2 Å². The summed E-state index contributed by atoms with van der Waals surface area (Å²) in [6.45, 7) is 6.86. The Bertz CT molecular complexity index is 1280. The fourth-order valence-electron chi connectivity index (χ4n) is 6.98. The fraction of sp³-hybridized carbons (Fsp3) is 0.679. The molecule has 8 atom stereocenters. The monoisotopic (exact) mass is 554 g/mol. The second kappa shape index (κ2) is 9.73. The van der Waals surface area contributed by atoms with Crippen molar-refractivity contribution in [3.63, 3.8) is 0 Å². The number of fused-ring (bicyclic) bond motifs is 3. The minimum Gasteiger partial charge on any atom is -0.493 e. The molecule has 1 aliphatic carbocycles. The summed E-state index contributed by atoms with van der Waals surface area (Å²) < 4.78 is 69.4. The van der Waals surface area contributed by atoms with Gasteiger partial charge in [-0.25, -0.2) is 14.6 Å². The summed E-state index contributed by atoms with van der Waals surface area (Å²) in [5, 5.41) is -0.198. The molecule has 0 unspecified atom stereocenters. The van der Waals surface area contributed by atoms with Crippen molar-refractivity contribution in [3.05, 3.63) is 40.2 Å². The molecule has 1 saturated carbocycles. The molecule has 4 saturated heterocycles. The van der Waals surface area contributed by atoms with E-state index in [1.54, 1.807) is 0 Å². The lowest BCUT2D eigenvalue weighted by Gasteiger charge is -2.60. The standard InChI is InChI=1S/C28H33F3O8/c1-15-5-8-20-16(2)24(36-25-27(20)19(15)9-10-26(3,37-25)38-39-27)34-12-4-11-33-17-6-7-18-21(28(29,30)31)14-23(32)35-22(18)13-17/h6-7,13-16,19-20,24-25H,4-5,8-12H2,1-3H3/t15-,16-,19+,20+,24+,25-,26-,27-/m1/s1. The van der Waals surface area contributed by atoms with E-state index >= 15 is 0 Å². The van der Waals surface area contributed by atoms with Gasteiger partial charge in [0.15, 0.2) is 18.2 Å². The molecule has 5 fully saturated rings. The molecule has 7 rings (SSSR count). The average molecular weight is 555 g/mol. The molecule has 0 radical (unpaired) electrons. The highest BCUT2D eigenvalue weighted by molar-refractivity contribution is 5.82. The topological polar surface area (TPSA) is 85.6 Å². The van der Waals surface area contributed by atoms with Crippen molar-refractivity contribution in [1.82, 2.24) is 0 Å². The molecule has 1 spiro atoms. The quantitative estimate of drug-likeness (QED) is 0.252. The molecular formula is C28H33F3O8. The Hall–Kier alpha value is -2.18. The molecule has 5 heterocycles. The van der Waals surface area contributed by atoms with Crippen LogP contribution < -0.4 is 10.4 Å². The van der Waals surface area contributed by atoms with E-state index in [-0.39, 0.29) is 35.3 Å². The van der Waals surface area contributed by atoms with Crippen LogP contribution in [0, 0.1) is 23.7 Å². The third-order valence-corrected chi connectivity index (χ3v) is 8.96. The van der Waals surface area contributed by atoms with Crippen LogP contribution in [-0.2, 0) is 30.2 Å². The van der Waals surface area contributed by atoms with Gasteiger partial charge in [-0.05, 0) is 50.2 Å². The number of halogens is 3. The third-order valence-electron chi connectivity index (χ3n) is 8.96. The van der Waals surface area contributed by atoms with E-state index in [0.717, 1.165) is 25.7 Å². The van der Waals surface area contributed by atoms with E-state index in [1.807, 2.05) is 6.92 Å². The van der Waals surface area contributed by atoms with E-state index in [0.29, 0.717) is 30.8 Å². The molecule has 1 aromatic carbocycles. The molecule has 5 aliphatic rings. The lowest BCUT2D eigenvalue weighted by atomic mass is 9.58. The molecule has 8 nitrogen and oxygen atoms in total. The van der Waals surface area contributed by atoms with Gasteiger partial charge in [0, 0.05) is 42.2 Å². The van der Waals surface area contributed by atoms with Gasteiger partial charge in [0.1, 0.15) is 11.3 Å². The first-order valence-corrected chi connectivity index (χ1v) is 13.6. The van der Waals surface area contributed by atoms with Crippen LogP contribution in [0.4, 0.5) is 13.2 Å². The van der Waals surface area contributed by atoms with Gasteiger partial charge in [-0.2, -0.15) is 13.2 Å². The highest BCUT2D eigenvalue weighted by atomic mass is 19.4. The first-order chi connectivity index (χ1) is 18.5. The molecule has 214 valence electrons. The largest absolute Gasteiger partial charge is 0.493 e. The summed E-state index contributed by atoms with van der Waals surface area (Å²) in [5.41, 5.74) is -2.93. The summed E-state index contributed by atoms with van der Waals surface area (Å²) in [7, 11) is 0. The molecule has 11 heteroatoms. The normalized spacial score (nSPS) is 37.9. The van der Waals surface area contributed by atoms with Gasteiger partial charge in [0.2, 0.25) is 5.79 Å².